The Balaban J connectivity index is 2.73. The topological polar surface area (TPSA) is 88.1 Å². The summed E-state index contributed by atoms with van der Waals surface area (Å²) in [5, 5.41) is 0. The summed E-state index contributed by atoms with van der Waals surface area (Å²) >= 11 is 0. The fourth-order valence-electron chi connectivity index (χ4n) is 2.13. The van der Waals surface area contributed by atoms with Crippen molar-refractivity contribution < 1.29 is 33.3 Å². The maximum absolute atomic E-state index is 12.3. The average molecular weight is 352 g/mol. The minimum Gasteiger partial charge on any atom is -0.468 e. The number of ether oxygens (including phenoxy) is 4. The summed E-state index contributed by atoms with van der Waals surface area (Å²) in [6, 6.07) is 9.55. The zero-order chi connectivity index (χ0) is 18.7. The molecule has 0 spiro atoms. The third-order valence-corrected chi connectivity index (χ3v) is 3.56. The minimum absolute atomic E-state index is 0.174. The summed E-state index contributed by atoms with van der Waals surface area (Å²) in [4.78, 5) is 34.5. The van der Waals surface area contributed by atoms with Gasteiger partial charge in [-0.15, -0.1) is 0 Å². The number of rotatable bonds is 10. The number of carbonyl (C=O) groups excluding carboxylic acids is 3. The first kappa shape index (κ1) is 20.6. The lowest BCUT2D eigenvalue weighted by atomic mass is 9.86. The number of hydrogen-bond donors (Lipinski definition) is 0. The summed E-state index contributed by atoms with van der Waals surface area (Å²) in [6.07, 6.45) is 0.174. The second kappa shape index (κ2) is 10.5. The van der Waals surface area contributed by atoms with Gasteiger partial charge in [0.25, 0.3) is 0 Å². The molecule has 0 unspecified atom stereocenters. The van der Waals surface area contributed by atoms with Crippen LogP contribution in [0.5, 0.6) is 0 Å². The average Bonchev–Trinajstić information content (AvgIpc) is 2.60. The van der Waals surface area contributed by atoms with Crippen molar-refractivity contribution in [2.24, 2.45) is 5.41 Å². The molecule has 0 aliphatic carbocycles. The van der Waals surface area contributed by atoms with Gasteiger partial charge in [-0.05, 0) is 12.0 Å². The van der Waals surface area contributed by atoms with E-state index in [0.717, 1.165) is 5.56 Å². The summed E-state index contributed by atoms with van der Waals surface area (Å²) in [5.74, 6) is -1.71. The van der Waals surface area contributed by atoms with E-state index in [9.17, 15) is 14.4 Å². The quantitative estimate of drug-likeness (QED) is 0.361. The van der Waals surface area contributed by atoms with Crippen LogP contribution in [0, 0.1) is 5.41 Å². The zero-order valence-corrected chi connectivity index (χ0v) is 14.8. The van der Waals surface area contributed by atoms with Crippen LogP contribution in [0.3, 0.4) is 0 Å². The first-order chi connectivity index (χ1) is 11.9. The van der Waals surface area contributed by atoms with Crippen molar-refractivity contribution in [3.05, 3.63) is 35.9 Å². The van der Waals surface area contributed by atoms with Crippen LogP contribution < -0.4 is 0 Å². The Morgan fingerprint density at radius 1 is 0.960 bits per heavy atom. The molecule has 7 heteroatoms. The smallest absolute Gasteiger partial charge is 0.318 e. The Bertz CT molecular complexity index is 550. The largest absolute Gasteiger partial charge is 0.468 e. The predicted octanol–water partition coefficient (Wildman–Crippen LogP) is 1.88. The molecule has 1 aromatic carbocycles. The van der Waals surface area contributed by atoms with Crippen molar-refractivity contribution in [1.82, 2.24) is 0 Å². The Morgan fingerprint density at radius 3 is 2.00 bits per heavy atom. The van der Waals surface area contributed by atoms with Crippen molar-refractivity contribution in [2.75, 3.05) is 26.9 Å². The molecule has 0 heterocycles. The highest BCUT2D eigenvalue weighted by molar-refractivity contribution is 5.78. The highest BCUT2D eigenvalue weighted by Gasteiger charge is 2.42. The van der Waals surface area contributed by atoms with Crippen LogP contribution in [-0.4, -0.2) is 44.8 Å². The molecule has 0 N–H and O–H groups in total. The van der Waals surface area contributed by atoms with E-state index in [1.54, 1.807) is 0 Å². The third kappa shape index (κ3) is 7.34. The van der Waals surface area contributed by atoms with Gasteiger partial charge in [-0.3, -0.25) is 14.4 Å². The molecule has 0 aliphatic heterocycles. The van der Waals surface area contributed by atoms with E-state index in [0.29, 0.717) is 6.61 Å². The minimum atomic E-state index is -1.30. The van der Waals surface area contributed by atoms with Crippen molar-refractivity contribution >= 4 is 17.9 Å². The summed E-state index contributed by atoms with van der Waals surface area (Å²) < 4.78 is 20.4. The normalized spacial score (nSPS) is 10.8. The SMILES string of the molecule is COC(=O)C(CCOCc1ccccc1)(COC(C)=O)COC(C)=O. The van der Waals surface area contributed by atoms with Crippen LogP contribution in [0.1, 0.15) is 25.8 Å². The van der Waals surface area contributed by atoms with Crippen LogP contribution in [0.15, 0.2) is 30.3 Å². The summed E-state index contributed by atoms with van der Waals surface area (Å²) in [6.45, 7) is 2.54. The second-order valence-corrected chi connectivity index (χ2v) is 5.62. The molecule has 0 saturated carbocycles. The first-order valence-electron chi connectivity index (χ1n) is 7.86. The van der Waals surface area contributed by atoms with E-state index < -0.39 is 23.3 Å². The van der Waals surface area contributed by atoms with Crippen molar-refractivity contribution in [2.45, 2.75) is 26.9 Å². The molecule has 1 rings (SSSR count). The Kier molecular flexibility index (Phi) is 8.63. The Morgan fingerprint density at radius 2 is 1.52 bits per heavy atom. The fraction of sp³-hybridized carbons (Fsp3) is 0.500. The van der Waals surface area contributed by atoms with Crippen molar-refractivity contribution in [1.29, 1.82) is 0 Å². The van der Waals surface area contributed by atoms with Gasteiger partial charge in [0.1, 0.15) is 18.6 Å². The molecule has 0 atom stereocenters. The number of esters is 3. The van der Waals surface area contributed by atoms with Gasteiger partial charge in [0, 0.05) is 20.5 Å². The van der Waals surface area contributed by atoms with E-state index >= 15 is 0 Å². The lowest BCUT2D eigenvalue weighted by Crippen LogP contribution is -2.43. The highest BCUT2D eigenvalue weighted by atomic mass is 16.6. The zero-order valence-electron chi connectivity index (χ0n) is 14.8. The van der Waals surface area contributed by atoms with Crippen LogP contribution in [0.4, 0.5) is 0 Å². The number of benzene rings is 1. The lowest BCUT2D eigenvalue weighted by molar-refractivity contribution is -0.170. The van der Waals surface area contributed by atoms with Gasteiger partial charge in [0.2, 0.25) is 0 Å². The molecule has 0 aliphatic rings. The highest BCUT2D eigenvalue weighted by Crippen LogP contribution is 2.26. The van der Waals surface area contributed by atoms with Crippen molar-refractivity contribution in [3.63, 3.8) is 0 Å². The molecule has 0 fully saturated rings. The number of hydrogen-bond acceptors (Lipinski definition) is 7. The van der Waals surface area contributed by atoms with Gasteiger partial charge in [-0.2, -0.15) is 0 Å². The molecule has 0 radical (unpaired) electrons. The standard InChI is InChI=1S/C18H24O7/c1-14(19)24-12-18(17(21)22-3,13-25-15(2)20)9-10-23-11-16-7-5-4-6-8-16/h4-8H,9-13H2,1-3H3. The van der Waals surface area contributed by atoms with Gasteiger partial charge in [0.15, 0.2) is 0 Å². The molecule has 0 saturated heterocycles. The van der Waals surface area contributed by atoms with E-state index in [2.05, 4.69) is 0 Å². The van der Waals surface area contributed by atoms with Gasteiger partial charge in [-0.1, -0.05) is 30.3 Å². The van der Waals surface area contributed by atoms with Crippen molar-refractivity contribution in [3.8, 4) is 0 Å². The summed E-state index contributed by atoms with van der Waals surface area (Å²) in [5.41, 5.74) is -0.311. The van der Waals surface area contributed by atoms with E-state index in [4.69, 9.17) is 18.9 Å². The molecular weight excluding hydrogens is 328 g/mol. The van der Waals surface area contributed by atoms with E-state index in [1.165, 1.54) is 21.0 Å². The van der Waals surface area contributed by atoms with Gasteiger partial charge < -0.3 is 18.9 Å². The number of methoxy groups -OCH3 is 1. The number of carbonyl (C=O) groups is 3. The van der Waals surface area contributed by atoms with E-state index in [-0.39, 0.29) is 26.2 Å². The maximum Gasteiger partial charge on any atom is 0.318 e. The summed E-state index contributed by atoms with van der Waals surface area (Å²) in [7, 11) is 1.23. The molecule has 1 aromatic rings. The van der Waals surface area contributed by atoms with Crippen LogP contribution in [0.2, 0.25) is 0 Å². The lowest BCUT2D eigenvalue weighted by Gasteiger charge is -2.29. The van der Waals surface area contributed by atoms with Gasteiger partial charge in [0.05, 0.1) is 13.7 Å². The van der Waals surface area contributed by atoms with Crippen LogP contribution >= 0.6 is 0 Å². The van der Waals surface area contributed by atoms with E-state index in [1.807, 2.05) is 30.3 Å². The molecule has 0 bridgehead atoms. The van der Waals surface area contributed by atoms with Gasteiger partial charge in [-0.25, -0.2) is 0 Å². The predicted molar refractivity (Wildman–Crippen MR) is 88.4 cm³/mol. The molecule has 138 valence electrons. The molecule has 25 heavy (non-hydrogen) atoms. The molecule has 0 aromatic heterocycles. The monoisotopic (exact) mass is 352 g/mol. The maximum atomic E-state index is 12.3. The Labute approximate surface area is 147 Å². The fourth-order valence-corrected chi connectivity index (χ4v) is 2.13. The van der Waals surface area contributed by atoms with Crippen LogP contribution in [0.25, 0.3) is 0 Å². The molecule has 7 nitrogen and oxygen atoms in total. The van der Waals surface area contributed by atoms with Gasteiger partial charge >= 0.3 is 17.9 Å². The first-order valence-corrected chi connectivity index (χ1v) is 7.86. The van der Waals surface area contributed by atoms with Crippen LogP contribution in [-0.2, 0) is 39.9 Å². The molecule has 0 amide bonds. The second-order valence-electron chi connectivity index (χ2n) is 5.62. The third-order valence-electron chi connectivity index (χ3n) is 3.56. The molecular formula is C18H24O7. The Hall–Kier alpha value is -2.41.